The van der Waals surface area contributed by atoms with Crippen LogP contribution >= 0.6 is 0 Å². The van der Waals surface area contributed by atoms with Crippen LogP contribution in [0, 0.1) is 0 Å². The summed E-state index contributed by atoms with van der Waals surface area (Å²) in [5, 5.41) is 0. The van der Waals surface area contributed by atoms with Gasteiger partial charge in [0.15, 0.2) is 0 Å². The molecule has 4 heteroatoms. The summed E-state index contributed by atoms with van der Waals surface area (Å²) in [5.74, 6) is 0.218. The standard InChI is InChI=1S/C27H25NO3/c1-19(29)28-24(21-12-6-3-7-13-21)18-25(31-20(2)30)26(22-14-8-4-9-15-22)27(28)23-16-10-5-11-17-23/h3-17,24,27H,18H2,1-2H3/t24-,27+/m1/s1. The number of rotatable bonds is 4. The number of nitrogens with zero attached hydrogens (tertiary/aromatic N) is 1. The fourth-order valence-electron chi connectivity index (χ4n) is 4.38. The predicted molar refractivity (Wildman–Crippen MR) is 121 cm³/mol. The van der Waals surface area contributed by atoms with E-state index in [4.69, 9.17) is 4.74 Å². The molecule has 3 aromatic carbocycles. The maximum Gasteiger partial charge on any atom is 0.307 e. The highest BCUT2D eigenvalue weighted by atomic mass is 16.5. The van der Waals surface area contributed by atoms with E-state index in [-0.39, 0.29) is 24.0 Å². The lowest BCUT2D eigenvalue weighted by molar-refractivity contribution is -0.138. The fraction of sp³-hybridized carbons (Fsp3) is 0.185. The molecule has 31 heavy (non-hydrogen) atoms. The van der Waals surface area contributed by atoms with E-state index in [0.717, 1.165) is 22.3 Å². The van der Waals surface area contributed by atoms with Crippen LogP contribution in [0.2, 0.25) is 0 Å². The molecule has 0 radical (unpaired) electrons. The Morgan fingerprint density at radius 1 is 0.774 bits per heavy atom. The van der Waals surface area contributed by atoms with Crippen molar-refractivity contribution < 1.29 is 14.3 Å². The molecule has 0 unspecified atom stereocenters. The number of esters is 1. The van der Waals surface area contributed by atoms with Gasteiger partial charge < -0.3 is 9.64 Å². The number of hydrogen-bond donors (Lipinski definition) is 0. The fourth-order valence-corrected chi connectivity index (χ4v) is 4.38. The molecule has 0 spiro atoms. The van der Waals surface area contributed by atoms with Crippen LogP contribution in [0.15, 0.2) is 96.8 Å². The first kappa shape index (κ1) is 20.6. The van der Waals surface area contributed by atoms with Crippen molar-refractivity contribution in [3.05, 3.63) is 113 Å². The second kappa shape index (κ2) is 9.00. The Bertz CT molecular complexity index is 1090. The Hall–Kier alpha value is -3.66. The minimum absolute atomic E-state index is 0.0296. The van der Waals surface area contributed by atoms with Gasteiger partial charge in [-0.25, -0.2) is 0 Å². The van der Waals surface area contributed by atoms with Crippen LogP contribution in [0.1, 0.15) is 49.0 Å². The van der Waals surface area contributed by atoms with Crippen LogP contribution in [-0.4, -0.2) is 16.8 Å². The van der Waals surface area contributed by atoms with Gasteiger partial charge in [0.2, 0.25) is 5.91 Å². The summed E-state index contributed by atoms with van der Waals surface area (Å²) in [6, 6.07) is 29.1. The zero-order valence-electron chi connectivity index (χ0n) is 17.7. The molecule has 156 valence electrons. The van der Waals surface area contributed by atoms with Gasteiger partial charge in [0.1, 0.15) is 5.76 Å². The SMILES string of the molecule is CC(=O)OC1=C(c2ccccc2)[C@H](c2ccccc2)N(C(C)=O)[C@@H](c2ccccc2)C1. The van der Waals surface area contributed by atoms with Gasteiger partial charge in [0.25, 0.3) is 0 Å². The van der Waals surface area contributed by atoms with Crippen molar-refractivity contribution in [2.45, 2.75) is 32.4 Å². The molecule has 1 amide bonds. The van der Waals surface area contributed by atoms with Crippen molar-refractivity contribution in [2.24, 2.45) is 0 Å². The van der Waals surface area contributed by atoms with Crippen molar-refractivity contribution >= 4 is 17.4 Å². The van der Waals surface area contributed by atoms with Gasteiger partial charge in [0, 0.05) is 25.8 Å². The third-order valence-corrected chi connectivity index (χ3v) is 5.58. The van der Waals surface area contributed by atoms with Crippen molar-refractivity contribution in [1.29, 1.82) is 0 Å². The summed E-state index contributed by atoms with van der Waals surface area (Å²) in [6.07, 6.45) is 0.427. The van der Waals surface area contributed by atoms with Crippen LogP contribution in [0.3, 0.4) is 0 Å². The molecule has 4 rings (SSSR count). The highest BCUT2D eigenvalue weighted by molar-refractivity contribution is 5.83. The molecule has 0 saturated carbocycles. The zero-order chi connectivity index (χ0) is 21.8. The average Bonchev–Trinajstić information content (AvgIpc) is 2.79. The van der Waals surface area contributed by atoms with Crippen molar-refractivity contribution in [3.63, 3.8) is 0 Å². The summed E-state index contributed by atoms with van der Waals surface area (Å²) in [6.45, 7) is 3.02. The van der Waals surface area contributed by atoms with Gasteiger partial charge >= 0.3 is 5.97 Å². The maximum absolute atomic E-state index is 13.1. The first-order valence-corrected chi connectivity index (χ1v) is 10.4. The Morgan fingerprint density at radius 2 is 1.29 bits per heavy atom. The summed E-state index contributed by atoms with van der Waals surface area (Å²) in [5.41, 5.74) is 3.77. The first-order chi connectivity index (χ1) is 15.1. The number of carbonyl (C=O) groups is 2. The van der Waals surface area contributed by atoms with Crippen LogP contribution in [0.4, 0.5) is 0 Å². The highest BCUT2D eigenvalue weighted by Gasteiger charge is 2.41. The van der Waals surface area contributed by atoms with Crippen LogP contribution in [0.5, 0.6) is 0 Å². The molecule has 1 aliphatic rings. The molecule has 3 aromatic rings. The summed E-state index contributed by atoms with van der Waals surface area (Å²) in [4.78, 5) is 27.0. The van der Waals surface area contributed by atoms with Crippen molar-refractivity contribution in [3.8, 4) is 0 Å². The van der Waals surface area contributed by atoms with Gasteiger partial charge in [-0.15, -0.1) is 0 Å². The summed E-state index contributed by atoms with van der Waals surface area (Å²) < 4.78 is 5.79. The second-order valence-electron chi connectivity index (χ2n) is 7.67. The molecular formula is C27H25NO3. The number of amides is 1. The Balaban J connectivity index is 1.99. The molecular weight excluding hydrogens is 386 g/mol. The normalized spacial score (nSPS) is 18.6. The molecule has 0 aliphatic carbocycles. The molecule has 0 fully saturated rings. The first-order valence-electron chi connectivity index (χ1n) is 10.4. The van der Waals surface area contributed by atoms with Crippen LogP contribution in [0.25, 0.3) is 5.57 Å². The van der Waals surface area contributed by atoms with E-state index in [1.165, 1.54) is 6.92 Å². The molecule has 0 bridgehead atoms. The molecule has 1 heterocycles. The summed E-state index contributed by atoms with van der Waals surface area (Å²) >= 11 is 0. The number of benzene rings is 3. The van der Waals surface area contributed by atoms with E-state index >= 15 is 0 Å². The number of hydrogen-bond acceptors (Lipinski definition) is 3. The zero-order valence-corrected chi connectivity index (χ0v) is 17.7. The Kier molecular flexibility index (Phi) is 5.99. The van der Waals surface area contributed by atoms with Gasteiger partial charge in [-0.3, -0.25) is 9.59 Å². The lowest BCUT2D eigenvalue weighted by atomic mass is 9.82. The third-order valence-electron chi connectivity index (χ3n) is 5.58. The number of carbonyl (C=O) groups excluding carboxylic acids is 2. The van der Waals surface area contributed by atoms with Crippen LogP contribution in [-0.2, 0) is 14.3 Å². The highest BCUT2D eigenvalue weighted by Crippen LogP contribution is 2.49. The maximum atomic E-state index is 13.1. The van der Waals surface area contributed by atoms with Crippen molar-refractivity contribution in [1.82, 2.24) is 4.90 Å². The number of ether oxygens (including phenoxy) is 1. The minimum atomic E-state index is -0.380. The lowest BCUT2D eigenvalue weighted by Crippen LogP contribution is -2.41. The van der Waals surface area contributed by atoms with E-state index in [0.29, 0.717) is 12.2 Å². The quantitative estimate of drug-likeness (QED) is 0.518. The van der Waals surface area contributed by atoms with E-state index < -0.39 is 0 Å². The average molecular weight is 412 g/mol. The van der Waals surface area contributed by atoms with E-state index in [2.05, 4.69) is 0 Å². The Morgan fingerprint density at radius 3 is 1.81 bits per heavy atom. The molecule has 0 aromatic heterocycles. The topological polar surface area (TPSA) is 46.6 Å². The molecule has 4 nitrogen and oxygen atoms in total. The summed E-state index contributed by atoms with van der Waals surface area (Å²) in [7, 11) is 0. The van der Waals surface area contributed by atoms with E-state index in [1.807, 2.05) is 95.9 Å². The van der Waals surface area contributed by atoms with Gasteiger partial charge in [-0.2, -0.15) is 0 Å². The Labute approximate surface area is 182 Å². The lowest BCUT2D eigenvalue weighted by Gasteiger charge is -2.44. The van der Waals surface area contributed by atoms with E-state index in [1.54, 1.807) is 6.92 Å². The molecule has 2 atom stereocenters. The van der Waals surface area contributed by atoms with Gasteiger partial charge in [-0.1, -0.05) is 91.0 Å². The van der Waals surface area contributed by atoms with Gasteiger partial charge in [-0.05, 0) is 16.7 Å². The second-order valence-corrected chi connectivity index (χ2v) is 7.67. The van der Waals surface area contributed by atoms with E-state index in [9.17, 15) is 9.59 Å². The monoisotopic (exact) mass is 411 g/mol. The van der Waals surface area contributed by atoms with Gasteiger partial charge in [0.05, 0.1) is 12.1 Å². The molecule has 0 N–H and O–H groups in total. The van der Waals surface area contributed by atoms with Crippen LogP contribution < -0.4 is 0 Å². The molecule has 0 saturated heterocycles. The van der Waals surface area contributed by atoms with Crippen molar-refractivity contribution in [2.75, 3.05) is 0 Å². The molecule has 1 aliphatic heterocycles. The predicted octanol–water partition coefficient (Wildman–Crippen LogP) is 5.70. The minimum Gasteiger partial charge on any atom is -0.431 e. The largest absolute Gasteiger partial charge is 0.431 e. The third kappa shape index (κ3) is 4.29. The smallest absolute Gasteiger partial charge is 0.307 e.